The van der Waals surface area contributed by atoms with Gasteiger partial charge in [-0.25, -0.2) is 9.59 Å². The third-order valence-electron chi connectivity index (χ3n) is 11.1. The number of hydrogen-bond donors (Lipinski definition) is 6. The molecule has 4 aliphatic rings. The zero-order chi connectivity index (χ0) is 36.5. The van der Waals surface area contributed by atoms with Gasteiger partial charge in [-0.3, -0.25) is 9.59 Å². The van der Waals surface area contributed by atoms with Gasteiger partial charge in [-0.1, -0.05) is 48.5 Å². The summed E-state index contributed by atoms with van der Waals surface area (Å²) in [6.45, 7) is 15.8. The van der Waals surface area contributed by atoms with Gasteiger partial charge in [0.05, 0.1) is 36.9 Å². The van der Waals surface area contributed by atoms with E-state index in [1.807, 2.05) is 20.8 Å². The van der Waals surface area contributed by atoms with E-state index in [9.17, 15) is 44.7 Å². The van der Waals surface area contributed by atoms with Crippen LogP contribution in [0, 0.1) is 116 Å². The summed E-state index contributed by atoms with van der Waals surface area (Å²) >= 11 is 0. The maximum Gasteiger partial charge on any atom is 0.407 e. The van der Waals surface area contributed by atoms with Gasteiger partial charge in [-0.2, -0.15) is 0 Å². The van der Waals surface area contributed by atoms with Crippen LogP contribution in [0.15, 0.2) is 11.1 Å². The van der Waals surface area contributed by atoms with E-state index in [0.717, 1.165) is 6.92 Å². The molecule has 14 nitrogen and oxygen atoms in total. The minimum Gasteiger partial charge on any atom is -0.459 e. The van der Waals surface area contributed by atoms with Crippen LogP contribution in [0.3, 0.4) is 0 Å². The van der Waals surface area contributed by atoms with Gasteiger partial charge in [0.1, 0.15) is 29.5 Å². The minimum absolute atomic E-state index is 0. The number of carbonyl (C=O) groups is 4. The zero-order valence-electron chi connectivity index (χ0n) is 30.7. The second kappa shape index (κ2) is 16.2. The normalized spacial score (nSPS) is 37.2. The smallest absolute Gasteiger partial charge is 0.407 e. The summed E-state index contributed by atoms with van der Waals surface area (Å²) in [5.74, 6) is -4.79. The van der Waals surface area contributed by atoms with Crippen molar-refractivity contribution in [1.29, 1.82) is 0 Å². The molecule has 278 valence electrons. The fraction of sp³-hybridized carbons (Fsp3) is 0.824. The topological polar surface area (TPSA) is 218 Å². The molecule has 16 heteroatoms. The number of aliphatic hydroxyl groups is 5. The number of amides is 1. The van der Waals surface area contributed by atoms with Crippen molar-refractivity contribution in [2.45, 2.75) is 136 Å². The van der Waals surface area contributed by atoms with Crippen LogP contribution in [0.25, 0.3) is 0 Å². The Morgan fingerprint density at radius 2 is 1.64 bits per heavy atom. The summed E-state index contributed by atoms with van der Waals surface area (Å²) in [6.07, 6.45) is -10.6. The average Bonchev–Trinajstić information content (AvgIpc) is 2.96. The molecule has 6 N–H and O–H groups in total. The molecule has 1 saturated heterocycles. The van der Waals surface area contributed by atoms with Gasteiger partial charge >= 0.3 is 18.0 Å². The third-order valence-corrected chi connectivity index (χ3v) is 11.1. The number of hydrogen-bond acceptors (Lipinski definition) is 13. The van der Waals surface area contributed by atoms with Crippen LogP contribution in [-0.2, 0) is 33.3 Å². The molecule has 2 bridgehead atoms. The number of carbonyl (C=O) groups excluding carboxylic acids is 4. The molecule has 3 fully saturated rings. The summed E-state index contributed by atoms with van der Waals surface area (Å²) in [7, 11) is 0. The summed E-state index contributed by atoms with van der Waals surface area (Å²) in [6, 6.07) is -1.14. The zero-order valence-corrected chi connectivity index (χ0v) is 40.2. The van der Waals surface area contributed by atoms with Crippen molar-refractivity contribution in [2.75, 3.05) is 13.2 Å². The number of fused-ring (bicyclic) bond motifs is 5. The summed E-state index contributed by atoms with van der Waals surface area (Å²) in [5, 5.41) is 61.6. The van der Waals surface area contributed by atoms with Crippen molar-refractivity contribution in [3.05, 3.63) is 11.1 Å². The molecule has 0 spiro atoms. The minimum atomic E-state index is -2.21. The molecule has 0 aromatic heterocycles. The van der Waals surface area contributed by atoms with Crippen molar-refractivity contribution in [3.63, 3.8) is 0 Å². The van der Waals surface area contributed by atoms with Gasteiger partial charge in [-0.15, -0.1) is 0 Å². The Hall–Kier alpha value is 0.263. The Morgan fingerprint density at radius 1 is 1.06 bits per heavy atom. The number of esters is 2. The molecular formula is C34H53Ac2NO13. The van der Waals surface area contributed by atoms with Crippen LogP contribution >= 0.6 is 0 Å². The van der Waals surface area contributed by atoms with Crippen LogP contribution in [0.1, 0.15) is 82.1 Å². The Kier molecular flexibility index (Phi) is 15.0. The second-order valence-corrected chi connectivity index (χ2v) is 16.4. The number of aliphatic hydroxyl groups excluding tert-OH is 3. The molecule has 1 aliphatic heterocycles. The molecule has 4 rings (SSSR count). The third kappa shape index (κ3) is 7.98. The van der Waals surface area contributed by atoms with Crippen LogP contribution in [0.2, 0.25) is 0 Å². The molecule has 0 aromatic carbocycles. The standard InChI is InChI=1S/C34H53NO13.2Ac/c1-15(2)22(35-29(42)46-13-30(5,6)7)24(39)28(41)48-18-12-34(44)27(47-17(4)36)25-32(10,19(37)11-20-33(25,43)14-45-20)26(40)23(38)21(16(18)3)31(34,8)9;;/h15,18-20,22-25,27,37-39,43-44H,11-14H2,1-10H3,(H,35,42);;/t18?,19-,20+,22-,23+,24+,25-,27-,32+,33-,34+;;/m0../s1. The summed E-state index contributed by atoms with van der Waals surface area (Å²) in [5.41, 5.74) is -7.60. The predicted octanol–water partition coefficient (Wildman–Crippen LogP) is 0.926. The van der Waals surface area contributed by atoms with E-state index in [4.69, 9.17) is 18.9 Å². The maximum absolute atomic E-state index is 14.4. The predicted molar refractivity (Wildman–Crippen MR) is 168 cm³/mol. The Bertz CT molecular complexity index is 1360. The SMILES string of the molecule is CC(=O)O[C@H]1[C@@H]2[C@]3(O)CO[C@@H]3C[C@H](O)[C@@]2(C)C(=O)[C@H](O)C2=C(C)C(OC(=O)[C@H](O)[C@@H](NC(=O)OCC(C)(C)C)C(C)C)C[C@]1(O)C2(C)C.[Ac].[Ac]. The molecule has 50 heavy (non-hydrogen) atoms. The summed E-state index contributed by atoms with van der Waals surface area (Å²) < 4.78 is 22.4. The van der Waals surface area contributed by atoms with E-state index in [-0.39, 0.29) is 124 Å². The van der Waals surface area contributed by atoms with E-state index in [1.165, 1.54) is 13.8 Å². The molecule has 2 radical (unpaired) electrons. The van der Waals surface area contributed by atoms with Crippen molar-refractivity contribution < 1.29 is 152 Å². The Labute approximate surface area is 365 Å². The molecular weight excluding hydrogens is 1080 g/mol. The van der Waals surface area contributed by atoms with Crippen molar-refractivity contribution >= 4 is 23.8 Å². The van der Waals surface area contributed by atoms with Crippen LogP contribution < -0.4 is 5.32 Å². The molecule has 2 saturated carbocycles. The first-order valence-corrected chi connectivity index (χ1v) is 16.5. The second-order valence-electron chi connectivity index (χ2n) is 16.4. The number of nitrogens with one attached hydrogen (secondary N) is 1. The fourth-order valence-electron chi connectivity index (χ4n) is 8.22. The number of Topliss-reactive ketones (excluding diaryl/α,β-unsaturated/α-hetero) is 1. The molecule has 1 amide bonds. The first-order valence-electron chi connectivity index (χ1n) is 16.5. The Balaban J connectivity index is 0.00000433. The van der Waals surface area contributed by atoms with E-state index in [2.05, 4.69) is 5.32 Å². The molecule has 1 heterocycles. The van der Waals surface area contributed by atoms with Gasteiger partial charge in [0.2, 0.25) is 0 Å². The van der Waals surface area contributed by atoms with Gasteiger partial charge in [0.15, 0.2) is 11.9 Å². The number of ketones is 1. The molecule has 11 atom stereocenters. The van der Waals surface area contributed by atoms with Crippen molar-refractivity contribution in [2.24, 2.45) is 28.1 Å². The van der Waals surface area contributed by atoms with Crippen LogP contribution in [-0.4, -0.2) is 116 Å². The van der Waals surface area contributed by atoms with Crippen molar-refractivity contribution in [1.82, 2.24) is 5.32 Å². The average molecular weight is 1140 g/mol. The van der Waals surface area contributed by atoms with E-state index < -0.39 is 107 Å². The van der Waals surface area contributed by atoms with Gasteiger partial charge in [-0.05, 0) is 36.3 Å². The van der Waals surface area contributed by atoms with E-state index in [0.29, 0.717) is 0 Å². The van der Waals surface area contributed by atoms with Gasteiger partial charge < -0.3 is 49.8 Å². The molecule has 3 aliphatic carbocycles. The van der Waals surface area contributed by atoms with Gasteiger partial charge in [0, 0.05) is 119 Å². The maximum atomic E-state index is 14.4. The van der Waals surface area contributed by atoms with Crippen LogP contribution in [0.5, 0.6) is 0 Å². The molecule has 1 unspecified atom stereocenters. The molecule has 0 aromatic rings. The first kappa shape index (κ1) is 46.4. The van der Waals surface area contributed by atoms with E-state index >= 15 is 0 Å². The van der Waals surface area contributed by atoms with Crippen LogP contribution in [0.4, 0.5) is 4.79 Å². The largest absolute Gasteiger partial charge is 0.459 e. The quantitative estimate of drug-likeness (QED) is 0.119. The number of ether oxygens (including phenoxy) is 4. The summed E-state index contributed by atoms with van der Waals surface area (Å²) in [4.78, 5) is 53.1. The van der Waals surface area contributed by atoms with E-state index in [1.54, 1.807) is 27.7 Å². The number of alkyl carbamates (subject to hydrolysis) is 1. The van der Waals surface area contributed by atoms with Crippen molar-refractivity contribution in [3.8, 4) is 0 Å². The van der Waals surface area contributed by atoms with Gasteiger partial charge in [0.25, 0.3) is 0 Å². The Morgan fingerprint density at radius 3 is 2.12 bits per heavy atom. The first-order chi connectivity index (χ1) is 21.8. The monoisotopic (exact) mass is 1140 g/mol. The number of rotatable bonds is 7. The fourth-order valence-corrected chi connectivity index (χ4v) is 8.22.